The van der Waals surface area contributed by atoms with E-state index in [0.29, 0.717) is 30.0 Å². The second kappa shape index (κ2) is 6.59. The lowest BCUT2D eigenvalue weighted by atomic mass is 9.94. The molecule has 0 atom stereocenters. The van der Waals surface area contributed by atoms with E-state index in [1.54, 1.807) is 23.1 Å². The highest BCUT2D eigenvalue weighted by molar-refractivity contribution is 6.08. The zero-order chi connectivity index (χ0) is 18.1. The van der Waals surface area contributed by atoms with Crippen LogP contribution in [0.25, 0.3) is 0 Å². The fourth-order valence-corrected chi connectivity index (χ4v) is 3.37. The number of aromatic amines is 1. The monoisotopic (exact) mass is 349 g/mol. The van der Waals surface area contributed by atoms with Gasteiger partial charge in [-0.15, -0.1) is 0 Å². The third-order valence-corrected chi connectivity index (χ3v) is 4.64. The number of hydrogen-bond acceptors (Lipinski definition) is 4. The van der Waals surface area contributed by atoms with Crippen molar-refractivity contribution in [2.24, 2.45) is 0 Å². The third-order valence-electron chi connectivity index (χ3n) is 4.64. The van der Waals surface area contributed by atoms with Crippen LogP contribution in [0.2, 0.25) is 0 Å². The highest BCUT2D eigenvalue weighted by atomic mass is 16.2. The number of aromatic nitrogens is 4. The first-order valence-electron chi connectivity index (χ1n) is 8.60. The first-order valence-corrected chi connectivity index (χ1v) is 8.60. The van der Waals surface area contributed by atoms with Crippen molar-refractivity contribution < 1.29 is 9.59 Å². The number of hydrogen-bond donors (Lipinski definition) is 2. The Morgan fingerprint density at radius 2 is 2.08 bits per heavy atom. The quantitative estimate of drug-likeness (QED) is 0.757. The molecular formula is C19H19N5O2. The van der Waals surface area contributed by atoms with E-state index in [2.05, 4.69) is 20.4 Å². The SMILES string of the molecule is Cc1c(C(=O)Nc2ccn(Cc3ccncc3)n2)[nH]c2c1C(=O)CCC2. The van der Waals surface area contributed by atoms with E-state index in [1.807, 2.05) is 25.3 Å². The molecule has 0 aromatic carbocycles. The number of aryl methyl sites for hydroxylation is 1. The summed E-state index contributed by atoms with van der Waals surface area (Å²) in [7, 11) is 0. The maximum absolute atomic E-state index is 12.6. The first kappa shape index (κ1) is 16.3. The van der Waals surface area contributed by atoms with Crippen LogP contribution in [-0.4, -0.2) is 31.4 Å². The number of nitrogens with zero attached hydrogens (tertiary/aromatic N) is 3. The summed E-state index contributed by atoms with van der Waals surface area (Å²) in [5.74, 6) is 0.307. The van der Waals surface area contributed by atoms with E-state index in [9.17, 15) is 9.59 Å². The minimum absolute atomic E-state index is 0.112. The van der Waals surface area contributed by atoms with Crippen LogP contribution in [-0.2, 0) is 13.0 Å². The average molecular weight is 349 g/mol. The minimum Gasteiger partial charge on any atom is -0.354 e. The van der Waals surface area contributed by atoms with Gasteiger partial charge in [0.2, 0.25) is 0 Å². The number of H-pyrrole nitrogens is 1. The average Bonchev–Trinajstić information content (AvgIpc) is 3.21. The predicted molar refractivity (Wildman–Crippen MR) is 96.3 cm³/mol. The van der Waals surface area contributed by atoms with E-state index in [-0.39, 0.29) is 11.7 Å². The summed E-state index contributed by atoms with van der Waals surface area (Å²) < 4.78 is 1.75. The number of carbonyl (C=O) groups excluding carboxylic acids is 2. The van der Waals surface area contributed by atoms with Crippen molar-refractivity contribution in [2.75, 3.05) is 5.32 Å². The summed E-state index contributed by atoms with van der Waals surface area (Å²) in [4.78, 5) is 31.8. The van der Waals surface area contributed by atoms with Gasteiger partial charge in [0.05, 0.1) is 6.54 Å². The molecule has 1 amide bonds. The van der Waals surface area contributed by atoms with Crippen LogP contribution in [0.15, 0.2) is 36.8 Å². The molecule has 26 heavy (non-hydrogen) atoms. The molecule has 1 aliphatic rings. The van der Waals surface area contributed by atoms with Crippen LogP contribution in [0, 0.1) is 6.92 Å². The third kappa shape index (κ3) is 3.03. The molecule has 7 heteroatoms. The molecule has 7 nitrogen and oxygen atoms in total. The largest absolute Gasteiger partial charge is 0.354 e. The van der Waals surface area contributed by atoms with Gasteiger partial charge in [0, 0.05) is 42.3 Å². The fraction of sp³-hybridized carbons (Fsp3) is 0.263. The second-order valence-corrected chi connectivity index (χ2v) is 6.46. The minimum atomic E-state index is -0.279. The summed E-state index contributed by atoms with van der Waals surface area (Å²) in [6.45, 7) is 2.41. The van der Waals surface area contributed by atoms with Crippen molar-refractivity contribution in [3.8, 4) is 0 Å². The van der Waals surface area contributed by atoms with Gasteiger partial charge in [0.25, 0.3) is 5.91 Å². The Morgan fingerprint density at radius 3 is 2.85 bits per heavy atom. The normalized spacial score (nSPS) is 13.5. The molecule has 0 saturated carbocycles. The van der Waals surface area contributed by atoms with E-state index in [1.165, 1.54) is 0 Å². The van der Waals surface area contributed by atoms with Crippen LogP contribution < -0.4 is 5.32 Å². The topological polar surface area (TPSA) is 92.7 Å². The van der Waals surface area contributed by atoms with Gasteiger partial charge in [0.1, 0.15) is 5.69 Å². The highest BCUT2D eigenvalue weighted by Gasteiger charge is 2.26. The number of ketones is 1. The molecule has 0 unspecified atom stereocenters. The van der Waals surface area contributed by atoms with Crippen molar-refractivity contribution in [1.82, 2.24) is 19.7 Å². The van der Waals surface area contributed by atoms with Crippen molar-refractivity contribution >= 4 is 17.5 Å². The molecule has 1 aliphatic carbocycles. The number of carbonyl (C=O) groups is 2. The van der Waals surface area contributed by atoms with Crippen molar-refractivity contribution in [3.05, 3.63) is 64.9 Å². The summed E-state index contributed by atoms with van der Waals surface area (Å²) >= 11 is 0. The van der Waals surface area contributed by atoms with Crippen LogP contribution in [0.4, 0.5) is 5.82 Å². The molecule has 0 aliphatic heterocycles. The number of fused-ring (bicyclic) bond motifs is 1. The molecule has 4 rings (SSSR count). The standard InChI is InChI=1S/C19H19N5O2/c1-12-17-14(3-2-4-15(17)25)21-18(12)19(26)22-16-7-10-24(23-16)11-13-5-8-20-9-6-13/h5-10,21H,2-4,11H2,1H3,(H,22,23,26). The van der Waals surface area contributed by atoms with Gasteiger partial charge in [-0.25, -0.2) is 0 Å². The molecule has 0 saturated heterocycles. The predicted octanol–water partition coefficient (Wildman–Crippen LogP) is 2.73. The Hall–Kier alpha value is -3.22. The van der Waals surface area contributed by atoms with Crippen molar-refractivity contribution in [1.29, 1.82) is 0 Å². The number of amides is 1. The molecule has 2 N–H and O–H groups in total. The highest BCUT2D eigenvalue weighted by Crippen LogP contribution is 2.26. The summed E-state index contributed by atoms with van der Waals surface area (Å²) in [5, 5.41) is 7.18. The van der Waals surface area contributed by atoms with Gasteiger partial charge >= 0.3 is 0 Å². The van der Waals surface area contributed by atoms with Crippen molar-refractivity contribution in [3.63, 3.8) is 0 Å². The Labute approximate surface area is 150 Å². The second-order valence-electron chi connectivity index (χ2n) is 6.46. The molecule has 3 heterocycles. The van der Waals surface area contributed by atoms with E-state index >= 15 is 0 Å². The summed E-state index contributed by atoms with van der Waals surface area (Å²) in [5.41, 5.74) is 3.79. The van der Waals surface area contributed by atoms with Crippen LogP contribution in [0.1, 0.15) is 50.5 Å². The molecule has 0 radical (unpaired) electrons. The maximum Gasteiger partial charge on any atom is 0.273 e. The Balaban J connectivity index is 1.50. The lowest BCUT2D eigenvalue weighted by Gasteiger charge is -2.09. The Bertz CT molecular complexity index is 971. The molecule has 3 aromatic heterocycles. The fourth-order valence-electron chi connectivity index (χ4n) is 3.37. The van der Waals surface area contributed by atoms with Gasteiger partial charge in [-0.2, -0.15) is 5.10 Å². The Morgan fingerprint density at radius 1 is 1.27 bits per heavy atom. The molecule has 0 fully saturated rings. The van der Waals surface area contributed by atoms with Crippen molar-refractivity contribution in [2.45, 2.75) is 32.7 Å². The number of rotatable bonds is 4. The number of pyridine rings is 1. The number of Topliss-reactive ketones (excluding diaryl/α,β-unsaturated/α-hetero) is 1. The van der Waals surface area contributed by atoms with Crippen LogP contribution in [0.5, 0.6) is 0 Å². The van der Waals surface area contributed by atoms with Gasteiger partial charge < -0.3 is 10.3 Å². The lowest BCUT2D eigenvalue weighted by molar-refractivity contribution is 0.0971. The molecule has 0 spiro atoms. The molecule has 0 bridgehead atoms. The Kier molecular flexibility index (Phi) is 4.12. The summed E-state index contributed by atoms with van der Waals surface area (Å²) in [6.07, 6.45) is 7.46. The van der Waals surface area contributed by atoms with E-state index < -0.39 is 0 Å². The van der Waals surface area contributed by atoms with E-state index in [4.69, 9.17) is 0 Å². The molecule has 132 valence electrons. The van der Waals surface area contributed by atoms with E-state index in [0.717, 1.165) is 29.7 Å². The maximum atomic E-state index is 12.6. The molecular weight excluding hydrogens is 330 g/mol. The van der Waals surface area contributed by atoms with Gasteiger partial charge in [-0.3, -0.25) is 19.3 Å². The first-order chi connectivity index (χ1) is 12.6. The van der Waals surface area contributed by atoms with Crippen LogP contribution in [0.3, 0.4) is 0 Å². The number of anilines is 1. The zero-order valence-corrected chi connectivity index (χ0v) is 14.5. The van der Waals surface area contributed by atoms with Gasteiger partial charge in [-0.1, -0.05) is 0 Å². The van der Waals surface area contributed by atoms with Gasteiger partial charge in [-0.05, 0) is 43.0 Å². The van der Waals surface area contributed by atoms with Crippen LogP contribution >= 0.6 is 0 Å². The smallest absolute Gasteiger partial charge is 0.273 e. The van der Waals surface area contributed by atoms with Gasteiger partial charge in [0.15, 0.2) is 11.6 Å². The number of nitrogens with one attached hydrogen (secondary N) is 2. The molecule has 3 aromatic rings. The zero-order valence-electron chi connectivity index (χ0n) is 14.5. The lowest BCUT2D eigenvalue weighted by Crippen LogP contribution is -2.14. The summed E-state index contributed by atoms with van der Waals surface area (Å²) in [6, 6.07) is 5.59.